The number of benzene rings is 2. The Morgan fingerprint density at radius 1 is 1.00 bits per heavy atom. The second kappa shape index (κ2) is 10.5. The summed E-state index contributed by atoms with van der Waals surface area (Å²) in [7, 11) is 0. The summed E-state index contributed by atoms with van der Waals surface area (Å²) in [4.78, 5) is 42.5. The first-order valence-electron chi connectivity index (χ1n) is 13.1. The van der Waals surface area contributed by atoms with Crippen LogP contribution >= 0.6 is 0 Å². The van der Waals surface area contributed by atoms with Crippen LogP contribution in [0, 0.1) is 11.8 Å². The molecule has 3 atom stereocenters. The second-order valence-corrected chi connectivity index (χ2v) is 10.7. The summed E-state index contributed by atoms with van der Waals surface area (Å²) in [6, 6.07) is 13.0. The normalized spacial score (nSPS) is 24.3. The molecule has 2 aromatic carbocycles. The van der Waals surface area contributed by atoms with Gasteiger partial charge in [-0.05, 0) is 60.4 Å². The number of ether oxygens (including phenoxy) is 1. The minimum atomic E-state index is -0.351. The molecule has 3 amide bonds. The molecule has 36 heavy (non-hydrogen) atoms. The number of nitrogens with one attached hydrogen (secondary N) is 1. The molecule has 0 radical (unpaired) electrons. The zero-order chi connectivity index (χ0) is 25.2. The van der Waals surface area contributed by atoms with Crippen molar-refractivity contribution in [2.75, 3.05) is 26.2 Å². The van der Waals surface area contributed by atoms with Gasteiger partial charge in [-0.1, -0.05) is 38.1 Å². The molecule has 7 heteroatoms. The highest BCUT2D eigenvalue weighted by Gasteiger charge is 2.38. The van der Waals surface area contributed by atoms with E-state index in [1.54, 1.807) is 18.2 Å². The topological polar surface area (TPSA) is 79.0 Å². The molecule has 0 unspecified atom stereocenters. The third kappa shape index (κ3) is 5.22. The highest BCUT2D eigenvalue weighted by Crippen LogP contribution is 2.27. The first kappa shape index (κ1) is 24.7. The van der Waals surface area contributed by atoms with Crippen molar-refractivity contribution in [3.05, 3.63) is 70.3 Å². The zero-order valence-electron chi connectivity index (χ0n) is 21.2. The Hall–Kier alpha value is -3.03. The van der Waals surface area contributed by atoms with Crippen LogP contribution in [0.4, 0.5) is 0 Å². The molecular weight excluding hydrogens is 454 g/mol. The van der Waals surface area contributed by atoms with Crippen molar-refractivity contribution in [3.63, 3.8) is 0 Å². The maximum absolute atomic E-state index is 13.0. The first-order chi connectivity index (χ1) is 17.4. The molecule has 2 fully saturated rings. The van der Waals surface area contributed by atoms with Crippen molar-refractivity contribution in [2.24, 2.45) is 11.8 Å². The Bertz CT molecular complexity index is 1150. The maximum atomic E-state index is 13.0. The summed E-state index contributed by atoms with van der Waals surface area (Å²) >= 11 is 0. The van der Waals surface area contributed by atoms with Gasteiger partial charge in [0.05, 0.1) is 23.8 Å². The summed E-state index contributed by atoms with van der Waals surface area (Å²) in [5.74, 6) is 0.460. The number of piperidine rings is 1. The standard InChI is InChI=1S/C29H35N3O4/c1-19-12-20(2)16-31(15-19)17-23-7-4-3-6-22(23)14-30-27(33)21-9-10-25-26(13-21)29(35)32(28(25)34)18-24-8-5-11-36-24/h3-4,6-7,9-10,13,19-20,24H,5,8,11-12,14-18H2,1-2H3,(H,30,33)/t19-,20-,24+/m1/s1. The molecule has 7 nitrogen and oxygen atoms in total. The molecule has 2 aromatic rings. The van der Waals surface area contributed by atoms with Crippen molar-refractivity contribution in [1.82, 2.24) is 15.1 Å². The van der Waals surface area contributed by atoms with Crippen LogP contribution in [-0.2, 0) is 17.8 Å². The van der Waals surface area contributed by atoms with E-state index >= 15 is 0 Å². The highest BCUT2D eigenvalue weighted by molar-refractivity contribution is 6.22. The molecule has 1 N–H and O–H groups in total. The smallest absolute Gasteiger partial charge is 0.261 e. The summed E-state index contributed by atoms with van der Waals surface area (Å²) in [6.07, 6.45) is 2.96. The molecule has 0 bridgehead atoms. The van der Waals surface area contributed by atoms with Gasteiger partial charge >= 0.3 is 0 Å². The van der Waals surface area contributed by atoms with E-state index in [0.29, 0.717) is 41.7 Å². The Labute approximate surface area is 212 Å². The lowest BCUT2D eigenvalue weighted by Crippen LogP contribution is -2.38. The first-order valence-corrected chi connectivity index (χ1v) is 13.1. The van der Waals surface area contributed by atoms with Gasteiger partial charge in [-0.25, -0.2) is 0 Å². The summed E-state index contributed by atoms with van der Waals surface area (Å²) < 4.78 is 5.60. The number of carbonyl (C=O) groups excluding carboxylic acids is 3. The van der Waals surface area contributed by atoms with Gasteiger partial charge in [0, 0.05) is 38.3 Å². The monoisotopic (exact) mass is 489 g/mol. The molecule has 3 aliphatic heterocycles. The van der Waals surface area contributed by atoms with Crippen LogP contribution in [0.25, 0.3) is 0 Å². The van der Waals surface area contributed by atoms with Crippen LogP contribution in [-0.4, -0.2) is 59.9 Å². The molecule has 0 spiro atoms. The fraction of sp³-hybridized carbons (Fsp3) is 0.483. The number of hydrogen-bond acceptors (Lipinski definition) is 5. The van der Waals surface area contributed by atoms with Crippen LogP contribution in [0.15, 0.2) is 42.5 Å². The summed E-state index contributed by atoms with van der Waals surface area (Å²) in [5.41, 5.74) is 3.33. The maximum Gasteiger partial charge on any atom is 0.261 e. The third-order valence-corrected chi connectivity index (χ3v) is 7.54. The lowest BCUT2D eigenvalue weighted by molar-refractivity contribution is 0.0475. The van der Waals surface area contributed by atoms with Gasteiger partial charge in [0.15, 0.2) is 0 Å². The zero-order valence-corrected chi connectivity index (χ0v) is 21.2. The lowest BCUT2D eigenvalue weighted by atomic mass is 9.91. The van der Waals surface area contributed by atoms with E-state index in [1.807, 2.05) is 12.1 Å². The molecule has 3 aliphatic rings. The van der Waals surface area contributed by atoms with Crippen LogP contribution in [0.2, 0.25) is 0 Å². The number of imide groups is 1. The van der Waals surface area contributed by atoms with E-state index in [2.05, 4.69) is 36.2 Å². The second-order valence-electron chi connectivity index (χ2n) is 10.7. The van der Waals surface area contributed by atoms with Crippen LogP contribution in [0.3, 0.4) is 0 Å². The van der Waals surface area contributed by atoms with E-state index in [0.717, 1.165) is 38.0 Å². The number of fused-ring (bicyclic) bond motifs is 1. The number of rotatable bonds is 7. The van der Waals surface area contributed by atoms with Gasteiger partial charge in [0.25, 0.3) is 17.7 Å². The van der Waals surface area contributed by atoms with E-state index < -0.39 is 0 Å². The minimum Gasteiger partial charge on any atom is -0.376 e. The molecule has 190 valence electrons. The highest BCUT2D eigenvalue weighted by atomic mass is 16.5. The predicted molar refractivity (Wildman–Crippen MR) is 137 cm³/mol. The van der Waals surface area contributed by atoms with Crippen LogP contribution in [0.1, 0.15) is 75.3 Å². The molecule has 3 heterocycles. The van der Waals surface area contributed by atoms with Crippen LogP contribution < -0.4 is 5.32 Å². The number of nitrogens with zero attached hydrogens (tertiary/aromatic N) is 2. The van der Waals surface area contributed by atoms with Gasteiger partial charge in [-0.3, -0.25) is 24.2 Å². The minimum absolute atomic E-state index is 0.105. The van der Waals surface area contributed by atoms with Gasteiger partial charge < -0.3 is 10.1 Å². The molecule has 0 aromatic heterocycles. The number of hydrogen-bond donors (Lipinski definition) is 1. The largest absolute Gasteiger partial charge is 0.376 e. The van der Waals surface area contributed by atoms with E-state index in [1.165, 1.54) is 16.9 Å². The van der Waals surface area contributed by atoms with Crippen molar-refractivity contribution >= 4 is 17.7 Å². The lowest BCUT2D eigenvalue weighted by Gasteiger charge is -2.35. The Kier molecular flexibility index (Phi) is 7.21. The fourth-order valence-corrected chi connectivity index (χ4v) is 5.91. The average molecular weight is 490 g/mol. The molecule has 0 saturated carbocycles. The van der Waals surface area contributed by atoms with E-state index in [-0.39, 0.29) is 30.4 Å². The van der Waals surface area contributed by atoms with E-state index in [4.69, 9.17) is 4.74 Å². The number of carbonyl (C=O) groups is 3. The molecular formula is C29H35N3O4. The van der Waals surface area contributed by atoms with Crippen molar-refractivity contribution in [3.8, 4) is 0 Å². The quantitative estimate of drug-likeness (QED) is 0.598. The van der Waals surface area contributed by atoms with Gasteiger partial charge in [-0.15, -0.1) is 0 Å². The summed E-state index contributed by atoms with van der Waals surface area (Å²) in [6.45, 7) is 9.01. The van der Waals surface area contributed by atoms with Crippen molar-refractivity contribution in [1.29, 1.82) is 0 Å². The Morgan fingerprint density at radius 3 is 2.44 bits per heavy atom. The average Bonchev–Trinajstić information content (AvgIpc) is 3.45. The molecule has 0 aliphatic carbocycles. The Balaban J connectivity index is 1.24. The molecule has 2 saturated heterocycles. The molecule has 5 rings (SSSR count). The number of likely N-dealkylation sites (tertiary alicyclic amines) is 1. The summed E-state index contributed by atoms with van der Waals surface area (Å²) in [5, 5.41) is 3.01. The van der Waals surface area contributed by atoms with Crippen molar-refractivity contribution < 1.29 is 19.1 Å². The third-order valence-electron chi connectivity index (χ3n) is 7.54. The van der Waals surface area contributed by atoms with Gasteiger partial charge in [0.1, 0.15) is 0 Å². The fourth-order valence-electron chi connectivity index (χ4n) is 5.91. The SMILES string of the molecule is C[C@@H]1C[C@@H](C)CN(Cc2ccccc2CNC(=O)c2ccc3c(c2)C(=O)N(C[C@@H]2CCCO2)C3=O)C1. The predicted octanol–water partition coefficient (Wildman–Crippen LogP) is 3.87. The van der Waals surface area contributed by atoms with Gasteiger partial charge in [0.2, 0.25) is 0 Å². The van der Waals surface area contributed by atoms with E-state index in [9.17, 15) is 14.4 Å². The number of amides is 3. The van der Waals surface area contributed by atoms with Crippen molar-refractivity contribution in [2.45, 2.75) is 52.3 Å². The van der Waals surface area contributed by atoms with Crippen LogP contribution in [0.5, 0.6) is 0 Å². The van der Waals surface area contributed by atoms with Gasteiger partial charge in [-0.2, -0.15) is 0 Å². The Morgan fingerprint density at radius 2 is 1.72 bits per heavy atom.